The molecule has 33 heavy (non-hydrogen) atoms. The zero-order chi connectivity index (χ0) is 22.8. The average molecular weight is 465 g/mol. The number of nitrogens with zero attached hydrogens (tertiary/aromatic N) is 6. The van der Waals surface area contributed by atoms with Crippen LogP contribution in [0, 0.1) is 6.92 Å². The predicted molar refractivity (Wildman–Crippen MR) is 134 cm³/mol. The number of fused-ring (bicyclic) bond motifs is 1. The molecule has 0 aliphatic carbocycles. The van der Waals surface area contributed by atoms with E-state index in [1.54, 1.807) is 6.33 Å². The van der Waals surface area contributed by atoms with Crippen LogP contribution in [-0.2, 0) is 6.54 Å². The number of anilines is 1. The van der Waals surface area contributed by atoms with E-state index in [4.69, 9.17) is 0 Å². The van der Waals surface area contributed by atoms with E-state index in [1.165, 1.54) is 16.9 Å². The molecule has 0 saturated carbocycles. The van der Waals surface area contributed by atoms with Crippen molar-refractivity contribution in [3.63, 3.8) is 0 Å². The molecular weight excluding hydrogens is 432 g/mol. The fourth-order valence-electron chi connectivity index (χ4n) is 4.87. The van der Waals surface area contributed by atoms with Crippen LogP contribution in [-0.4, -0.2) is 89.5 Å². The third-order valence-corrected chi connectivity index (χ3v) is 8.12. The van der Waals surface area contributed by atoms with Gasteiger partial charge in [-0.1, -0.05) is 37.3 Å². The van der Waals surface area contributed by atoms with Crippen molar-refractivity contribution in [2.45, 2.75) is 20.4 Å². The maximum atomic E-state index is 13.5. The Hall–Kier alpha value is -2.55. The molecule has 2 saturated heterocycles. The highest BCUT2D eigenvalue weighted by molar-refractivity contribution is 7.20. The van der Waals surface area contributed by atoms with Crippen molar-refractivity contribution >= 4 is 33.3 Å². The van der Waals surface area contributed by atoms with Crippen molar-refractivity contribution in [3.05, 3.63) is 52.7 Å². The first-order chi connectivity index (χ1) is 16.1. The molecule has 2 aromatic heterocycles. The third-order valence-electron chi connectivity index (χ3n) is 6.93. The molecule has 174 valence electrons. The van der Waals surface area contributed by atoms with Gasteiger partial charge in [0.25, 0.3) is 5.91 Å². The first-order valence-electron chi connectivity index (χ1n) is 11.9. The highest BCUT2D eigenvalue weighted by atomic mass is 32.1. The first kappa shape index (κ1) is 22.3. The Morgan fingerprint density at radius 1 is 0.939 bits per heavy atom. The molecular formula is C25H32N6OS. The van der Waals surface area contributed by atoms with Gasteiger partial charge in [-0.3, -0.25) is 9.69 Å². The molecule has 4 heterocycles. The summed E-state index contributed by atoms with van der Waals surface area (Å²) in [4.78, 5) is 33.6. The molecule has 0 radical (unpaired) electrons. The van der Waals surface area contributed by atoms with Gasteiger partial charge in [0.1, 0.15) is 17.0 Å². The number of aromatic nitrogens is 2. The maximum absolute atomic E-state index is 13.5. The Kier molecular flexibility index (Phi) is 6.57. The van der Waals surface area contributed by atoms with Gasteiger partial charge < -0.3 is 14.7 Å². The molecule has 3 aromatic rings. The lowest BCUT2D eigenvalue weighted by Gasteiger charge is -2.35. The molecule has 7 nitrogen and oxygen atoms in total. The van der Waals surface area contributed by atoms with Crippen LogP contribution < -0.4 is 4.90 Å². The van der Waals surface area contributed by atoms with E-state index in [9.17, 15) is 4.79 Å². The van der Waals surface area contributed by atoms with Gasteiger partial charge in [-0.25, -0.2) is 9.97 Å². The van der Waals surface area contributed by atoms with Crippen LogP contribution in [0.1, 0.15) is 27.7 Å². The number of amides is 1. The number of aryl methyl sites for hydroxylation is 1. The Morgan fingerprint density at radius 2 is 1.64 bits per heavy atom. The van der Waals surface area contributed by atoms with Crippen LogP contribution in [0.15, 0.2) is 36.7 Å². The van der Waals surface area contributed by atoms with E-state index in [-0.39, 0.29) is 5.91 Å². The van der Waals surface area contributed by atoms with E-state index in [0.717, 1.165) is 91.9 Å². The van der Waals surface area contributed by atoms with Gasteiger partial charge in [-0.05, 0) is 24.6 Å². The lowest BCUT2D eigenvalue weighted by molar-refractivity contribution is 0.0632. The lowest BCUT2D eigenvalue weighted by Crippen LogP contribution is -2.48. The molecule has 0 spiro atoms. The van der Waals surface area contributed by atoms with Crippen LogP contribution >= 0.6 is 11.3 Å². The summed E-state index contributed by atoms with van der Waals surface area (Å²) in [5, 5.41) is 1.05. The number of carbonyl (C=O) groups is 1. The summed E-state index contributed by atoms with van der Waals surface area (Å²) in [5.74, 6) is 1.12. The Bertz CT molecular complexity index is 1100. The zero-order valence-corrected chi connectivity index (χ0v) is 20.4. The molecule has 8 heteroatoms. The van der Waals surface area contributed by atoms with Gasteiger partial charge in [0, 0.05) is 58.9 Å². The van der Waals surface area contributed by atoms with Gasteiger partial charge in [-0.15, -0.1) is 11.3 Å². The van der Waals surface area contributed by atoms with Crippen LogP contribution in [0.3, 0.4) is 0 Å². The summed E-state index contributed by atoms with van der Waals surface area (Å²) in [6.07, 6.45) is 1.65. The molecule has 0 N–H and O–H groups in total. The molecule has 0 bridgehead atoms. The van der Waals surface area contributed by atoms with Gasteiger partial charge in [0.05, 0.1) is 10.3 Å². The van der Waals surface area contributed by atoms with Crippen molar-refractivity contribution in [3.8, 4) is 0 Å². The fourth-order valence-corrected chi connectivity index (χ4v) is 5.98. The number of benzene rings is 1. The number of likely N-dealkylation sites (N-methyl/N-ethyl adjacent to an activating group) is 1. The summed E-state index contributed by atoms with van der Waals surface area (Å²) < 4.78 is 0. The predicted octanol–water partition coefficient (Wildman–Crippen LogP) is 3.10. The van der Waals surface area contributed by atoms with Crippen molar-refractivity contribution in [2.24, 2.45) is 0 Å². The smallest absolute Gasteiger partial charge is 0.264 e. The van der Waals surface area contributed by atoms with Crippen LogP contribution in [0.25, 0.3) is 10.2 Å². The second kappa shape index (κ2) is 9.75. The van der Waals surface area contributed by atoms with Crippen molar-refractivity contribution < 1.29 is 4.79 Å². The lowest BCUT2D eigenvalue weighted by atomic mass is 10.1. The molecule has 1 aromatic carbocycles. The summed E-state index contributed by atoms with van der Waals surface area (Å²) in [6, 6.07) is 10.5. The SMILES string of the molecule is CCN1CCN(c2ncnc3sc(C(=O)N4CCN(Cc5ccccc5)CC4)c(C)c23)CC1. The normalized spacial score (nSPS) is 18.2. The minimum absolute atomic E-state index is 0.136. The number of piperazine rings is 2. The summed E-state index contributed by atoms with van der Waals surface area (Å²) in [6.45, 7) is 13.6. The Morgan fingerprint density at radius 3 is 2.33 bits per heavy atom. The van der Waals surface area contributed by atoms with Gasteiger partial charge in [0.2, 0.25) is 0 Å². The van der Waals surface area contributed by atoms with Crippen molar-refractivity contribution in [1.82, 2.24) is 24.7 Å². The first-order valence-corrected chi connectivity index (χ1v) is 12.7. The summed E-state index contributed by atoms with van der Waals surface area (Å²) in [7, 11) is 0. The molecule has 1 amide bonds. The van der Waals surface area contributed by atoms with Crippen LogP contribution in [0.2, 0.25) is 0 Å². The molecule has 2 aliphatic heterocycles. The van der Waals surface area contributed by atoms with Crippen molar-refractivity contribution in [1.29, 1.82) is 0 Å². The number of hydrogen-bond acceptors (Lipinski definition) is 7. The molecule has 0 unspecified atom stereocenters. The number of carbonyl (C=O) groups excluding carboxylic acids is 1. The minimum Gasteiger partial charge on any atom is -0.353 e. The molecule has 0 atom stereocenters. The standard InChI is InChI=1S/C25H32N6OS/c1-3-28-9-13-30(14-10-28)23-21-19(2)22(33-24(21)27-18-26-23)25(32)31-15-11-29(12-16-31)17-20-7-5-4-6-8-20/h4-8,18H,3,9-17H2,1-2H3. The van der Waals surface area contributed by atoms with E-state index in [2.05, 4.69) is 62.8 Å². The van der Waals surface area contributed by atoms with Crippen molar-refractivity contribution in [2.75, 3.05) is 63.8 Å². The summed E-state index contributed by atoms with van der Waals surface area (Å²) >= 11 is 1.52. The number of rotatable bonds is 5. The quantitative estimate of drug-likeness (QED) is 0.578. The summed E-state index contributed by atoms with van der Waals surface area (Å²) in [5.41, 5.74) is 2.35. The topological polar surface area (TPSA) is 55.8 Å². The van der Waals surface area contributed by atoms with E-state index >= 15 is 0 Å². The van der Waals surface area contributed by atoms with E-state index in [0.29, 0.717) is 0 Å². The fraction of sp³-hybridized carbons (Fsp3) is 0.480. The third kappa shape index (κ3) is 4.60. The number of thiophene rings is 1. The monoisotopic (exact) mass is 464 g/mol. The average Bonchev–Trinajstić information content (AvgIpc) is 3.21. The molecule has 5 rings (SSSR count). The van der Waals surface area contributed by atoms with Crippen LogP contribution in [0.4, 0.5) is 5.82 Å². The minimum atomic E-state index is 0.136. The van der Waals surface area contributed by atoms with E-state index in [1.807, 2.05) is 11.0 Å². The highest BCUT2D eigenvalue weighted by Crippen LogP contribution is 2.36. The van der Waals surface area contributed by atoms with Gasteiger partial charge in [0.15, 0.2) is 0 Å². The second-order valence-corrected chi connectivity index (χ2v) is 9.91. The highest BCUT2D eigenvalue weighted by Gasteiger charge is 2.28. The van der Waals surface area contributed by atoms with Gasteiger partial charge in [-0.2, -0.15) is 0 Å². The molecule has 2 aliphatic rings. The van der Waals surface area contributed by atoms with Crippen LogP contribution in [0.5, 0.6) is 0 Å². The Balaban J connectivity index is 1.30. The Labute approximate surface area is 199 Å². The van der Waals surface area contributed by atoms with Gasteiger partial charge >= 0.3 is 0 Å². The second-order valence-electron chi connectivity index (χ2n) is 8.91. The zero-order valence-electron chi connectivity index (χ0n) is 19.5. The maximum Gasteiger partial charge on any atom is 0.264 e. The van der Waals surface area contributed by atoms with E-state index < -0.39 is 0 Å². The largest absolute Gasteiger partial charge is 0.353 e. The number of hydrogen-bond donors (Lipinski definition) is 0. The molecule has 2 fully saturated rings.